The predicted molar refractivity (Wildman–Crippen MR) is 213 cm³/mol. The van der Waals surface area contributed by atoms with Gasteiger partial charge in [-0.3, -0.25) is 0 Å². The van der Waals surface area contributed by atoms with Crippen molar-refractivity contribution in [2.75, 3.05) is 0 Å². The lowest BCUT2D eigenvalue weighted by Crippen LogP contribution is -3.61. The normalized spacial score (nSPS) is 11.3. The number of hydrogen-bond donors (Lipinski definition) is 0. The molecule has 7 aromatic carbocycles. The summed E-state index contributed by atoms with van der Waals surface area (Å²) in [5.41, 5.74) is -4.84. The van der Waals surface area contributed by atoms with E-state index in [2.05, 4.69) is 90.4 Å². The summed E-state index contributed by atoms with van der Waals surface area (Å²) in [7, 11) is 0. The van der Waals surface area contributed by atoms with Crippen molar-refractivity contribution in [3.63, 3.8) is 0 Å². The molecule has 7 rings (SSSR count). The predicted octanol–water partition coefficient (Wildman–Crippen LogP) is 11.9. The molecule has 0 spiro atoms. The number of carbonyl (C=O) groups is 1. The zero-order chi connectivity index (χ0) is 56.0. The summed E-state index contributed by atoms with van der Waals surface area (Å²) < 4.78 is 305. The molecule has 0 heterocycles. The van der Waals surface area contributed by atoms with E-state index in [0.717, 1.165) is 0 Å². The minimum absolute atomic E-state index is 0.0366. The molecular formula is C49H23F20IO5. The third-order valence-electron chi connectivity index (χ3n) is 10.3. The lowest BCUT2D eigenvalue weighted by molar-refractivity contribution is -0.597. The molecular weight excluding hydrogens is 1180 g/mol. The van der Waals surface area contributed by atoms with Crippen LogP contribution in [0.2, 0.25) is 0 Å². The summed E-state index contributed by atoms with van der Waals surface area (Å²) >= 11 is -0.0366. The van der Waals surface area contributed by atoms with Gasteiger partial charge in [0.25, 0.3) is 0 Å². The van der Waals surface area contributed by atoms with Crippen molar-refractivity contribution < 1.29 is 133 Å². The maximum Gasteiger partial charge on any atom is 0.357 e. The summed E-state index contributed by atoms with van der Waals surface area (Å²) in [6.07, 6.45) is 0. The minimum Gasteiger partial charge on any atom is -0.545 e. The smallest absolute Gasteiger partial charge is 0.357 e. The van der Waals surface area contributed by atoms with Gasteiger partial charge in [-0.15, -0.1) is 0 Å². The van der Waals surface area contributed by atoms with Gasteiger partial charge in [-0.25, -0.2) is 61.5 Å². The largest absolute Gasteiger partial charge is 0.545 e. The highest BCUT2D eigenvalue weighted by Gasteiger charge is 2.39. The second kappa shape index (κ2) is 22.3. The Morgan fingerprint density at radius 3 is 0.920 bits per heavy atom. The van der Waals surface area contributed by atoms with Gasteiger partial charge in [0, 0.05) is 11.1 Å². The van der Waals surface area contributed by atoms with Crippen molar-refractivity contribution in [1.29, 1.82) is 0 Å². The first-order valence-electron chi connectivity index (χ1n) is 20.4. The van der Waals surface area contributed by atoms with Crippen molar-refractivity contribution >= 4 is 5.97 Å². The van der Waals surface area contributed by atoms with Crippen molar-refractivity contribution in [3.05, 3.63) is 195 Å². The van der Waals surface area contributed by atoms with Crippen molar-refractivity contribution in [1.82, 2.24) is 0 Å². The molecule has 0 aliphatic rings. The van der Waals surface area contributed by atoms with Crippen LogP contribution >= 0.6 is 0 Å². The average Bonchev–Trinajstić information content (AvgIpc) is 3.38. The quantitative estimate of drug-likeness (QED) is 0.0528. The van der Waals surface area contributed by atoms with Crippen LogP contribution < -0.4 is 40.5 Å². The first-order valence-corrected chi connectivity index (χ1v) is 22.6. The molecule has 396 valence electrons. The molecule has 0 bridgehead atoms. The Labute approximate surface area is 417 Å². The molecule has 0 radical (unpaired) electrons. The number of hydrogen-bond acceptors (Lipinski definition) is 5. The molecule has 0 N–H and O–H groups in total. The number of benzene rings is 7. The van der Waals surface area contributed by atoms with E-state index in [9.17, 15) is 88.9 Å². The van der Waals surface area contributed by atoms with Crippen molar-refractivity contribution in [2.45, 2.75) is 39.5 Å². The van der Waals surface area contributed by atoms with Crippen LogP contribution in [-0.2, 0) is 0 Å². The third-order valence-corrected chi connectivity index (χ3v) is 13.0. The van der Waals surface area contributed by atoms with Gasteiger partial charge in [-0.05, 0) is 53.3 Å². The van der Waals surface area contributed by atoms with Gasteiger partial charge >= 0.3 is 21.2 Å². The van der Waals surface area contributed by atoms with E-state index in [1.165, 1.54) is 18.3 Å². The zero-order valence-electron chi connectivity index (χ0n) is 37.3. The molecule has 7 aromatic rings. The van der Waals surface area contributed by atoms with E-state index in [1.807, 2.05) is 0 Å². The van der Waals surface area contributed by atoms with Crippen molar-refractivity contribution in [2.24, 2.45) is 0 Å². The Morgan fingerprint density at radius 1 is 0.360 bits per heavy atom. The molecule has 0 aliphatic carbocycles. The lowest BCUT2D eigenvalue weighted by atomic mass is 9.95. The highest BCUT2D eigenvalue weighted by Crippen LogP contribution is 2.54. The fourth-order valence-electron chi connectivity index (χ4n) is 6.40. The van der Waals surface area contributed by atoms with Gasteiger partial charge < -0.3 is 24.1 Å². The second-order valence-corrected chi connectivity index (χ2v) is 18.7. The van der Waals surface area contributed by atoms with E-state index < -0.39 is 180 Å². The molecule has 0 saturated heterocycles. The Balaban J connectivity index is 0.000000402. The first-order chi connectivity index (χ1) is 35.0. The monoisotopic (exact) mass is 1200 g/mol. The molecule has 0 saturated carbocycles. The van der Waals surface area contributed by atoms with E-state index in [-0.39, 0.29) is 21.2 Å². The summed E-state index contributed by atoms with van der Waals surface area (Å²) in [4.78, 5) is 12.3. The van der Waals surface area contributed by atoms with Gasteiger partial charge in [0.15, 0.2) is 41.9 Å². The summed E-state index contributed by atoms with van der Waals surface area (Å²) in [5, 5.41) is 12.3. The van der Waals surface area contributed by atoms with Gasteiger partial charge in [-0.2, -0.15) is 26.3 Å². The van der Waals surface area contributed by atoms with Crippen LogP contribution in [0, 0.1) is 123 Å². The Bertz CT molecular complexity index is 3260. The van der Waals surface area contributed by atoms with Crippen LogP contribution in [0.3, 0.4) is 0 Å². The van der Waals surface area contributed by atoms with Gasteiger partial charge in [0.05, 0.1) is 11.5 Å². The van der Waals surface area contributed by atoms with E-state index in [1.54, 1.807) is 0 Å². The highest BCUT2D eigenvalue weighted by atomic mass is 127. The fourth-order valence-corrected chi connectivity index (χ4v) is 8.56. The molecule has 0 aromatic heterocycles. The summed E-state index contributed by atoms with van der Waals surface area (Å²) in [6.45, 7) is 8.98. The van der Waals surface area contributed by atoms with E-state index in [0.29, 0.717) is 11.8 Å². The topological polar surface area (TPSA) is 67.8 Å². The Hall–Kier alpha value is -7.26. The van der Waals surface area contributed by atoms with Crippen LogP contribution in [0.4, 0.5) is 87.8 Å². The standard InChI is InChI=1S/C31H2F20O5.C18H22I/c32-6-5(7(33)9(35)10(36)8(6)34)4-2(31(52)53)1-3(54-28-20(46)14(40)11(37)15(41)21(28)47)26(55-29-22(48)16(42)12(38)17(43)23(29)49)27(4)56-30-24(50)18(44)13(39)19(45)25(30)51;1-13(2)15-5-9-17(10-6-15)19-18-11-7-16(8-12-18)14(3)4/h1H,(H,52,53);5-14H,1-4H3/q;+1/p-1. The van der Waals surface area contributed by atoms with E-state index >= 15 is 8.78 Å². The number of carbonyl (C=O) groups excluding carboxylic acids is 1. The first kappa shape index (κ1) is 57.0. The lowest BCUT2D eigenvalue weighted by Gasteiger charge is -2.24. The molecule has 75 heavy (non-hydrogen) atoms. The zero-order valence-corrected chi connectivity index (χ0v) is 39.5. The summed E-state index contributed by atoms with van der Waals surface area (Å²) in [5.74, 6) is -80.0. The molecule has 0 unspecified atom stereocenters. The molecule has 0 amide bonds. The third kappa shape index (κ3) is 10.8. The van der Waals surface area contributed by atoms with Crippen LogP contribution in [0.5, 0.6) is 34.5 Å². The number of rotatable bonds is 12. The second-order valence-electron chi connectivity index (χ2n) is 15.7. The average molecular weight is 1200 g/mol. The number of ether oxygens (including phenoxy) is 3. The molecule has 26 heteroatoms. The maximum atomic E-state index is 15.2. The molecule has 0 fully saturated rings. The van der Waals surface area contributed by atoms with Crippen LogP contribution in [-0.4, -0.2) is 5.97 Å². The van der Waals surface area contributed by atoms with Crippen LogP contribution in [0.15, 0.2) is 54.6 Å². The minimum atomic E-state index is -3.17. The van der Waals surface area contributed by atoms with E-state index in [4.69, 9.17) is 0 Å². The number of carboxylic acids is 1. The van der Waals surface area contributed by atoms with Crippen LogP contribution in [0.1, 0.15) is 61.0 Å². The number of halogens is 21. The molecule has 5 nitrogen and oxygen atoms in total. The van der Waals surface area contributed by atoms with Gasteiger partial charge in [0.2, 0.25) is 116 Å². The summed E-state index contributed by atoms with van der Waals surface area (Å²) in [6, 6.07) is 17.7. The SMILES string of the molecule is CC(C)c1ccc([I+]c2ccc(C(C)C)cc2)cc1.O=C([O-])c1cc(Oc2c(F)c(F)c(F)c(F)c2F)c(Oc2c(F)c(F)c(F)c(F)c2F)c(Oc2c(F)c(F)c(F)c(F)c2F)c1-c1c(F)c(F)c(F)c(F)c1F. The maximum absolute atomic E-state index is 15.2. The highest BCUT2D eigenvalue weighted by molar-refractivity contribution is 5.99. The Kier molecular flexibility index (Phi) is 17.0. The van der Waals surface area contributed by atoms with Crippen LogP contribution in [0.25, 0.3) is 11.1 Å². The Morgan fingerprint density at radius 2 is 0.627 bits per heavy atom. The molecule has 0 aliphatic heterocycles. The molecule has 0 atom stereocenters. The van der Waals surface area contributed by atoms with Crippen molar-refractivity contribution in [3.8, 4) is 45.6 Å². The fraction of sp³-hybridized carbons (Fsp3) is 0.122. The van der Waals surface area contributed by atoms with Gasteiger partial charge in [-0.1, -0.05) is 52.0 Å². The van der Waals surface area contributed by atoms with Gasteiger partial charge in [0.1, 0.15) is 0 Å². The number of carboxylic acid groups (broad SMARTS) is 1. The number of aromatic carboxylic acids is 1.